The Kier molecular flexibility index (Phi) is 4.24. The minimum absolute atomic E-state index is 0.100. The molecular weight excluding hydrogens is 296 g/mol. The Morgan fingerprint density at radius 2 is 2.33 bits per heavy atom. The highest BCUT2D eigenvalue weighted by atomic mass is 79.9. The highest BCUT2D eigenvalue weighted by Crippen LogP contribution is 2.24. The van der Waals surface area contributed by atoms with Crippen molar-refractivity contribution in [1.82, 2.24) is 10.2 Å². The number of amides is 1. The van der Waals surface area contributed by atoms with Gasteiger partial charge in [0, 0.05) is 29.7 Å². The molecule has 1 aromatic carbocycles. The Bertz CT molecular complexity index is 451. The highest BCUT2D eigenvalue weighted by molar-refractivity contribution is 9.10. The van der Waals surface area contributed by atoms with Crippen molar-refractivity contribution in [3.8, 4) is 5.75 Å². The lowest BCUT2D eigenvalue weighted by molar-refractivity contribution is -0.135. The van der Waals surface area contributed by atoms with Crippen LogP contribution in [0.1, 0.15) is 12.5 Å². The van der Waals surface area contributed by atoms with Gasteiger partial charge in [-0.05, 0) is 25.1 Å². The van der Waals surface area contributed by atoms with Gasteiger partial charge >= 0.3 is 0 Å². The van der Waals surface area contributed by atoms with Crippen molar-refractivity contribution in [1.29, 1.82) is 0 Å². The summed E-state index contributed by atoms with van der Waals surface area (Å²) in [6.07, 6.45) is 0. The minimum atomic E-state index is -0.100. The lowest BCUT2D eigenvalue weighted by atomic mass is 10.1. The molecule has 4 nitrogen and oxygen atoms in total. The molecule has 1 aliphatic rings. The standard InChI is InChI=1S/C13H17BrN2O2/c1-9-13(17)16(6-5-15-9)8-10-7-11(14)3-4-12(10)18-2/h3-4,7,9,15H,5-6,8H2,1-2H3. The Labute approximate surface area is 115 Å². The van der Waals surface area contributed by atoms with E-state index >= 15 is 0 Å². The van der Waals surface area contributed by atoms with Crippen LogP contribution in [-0.2, 0) is 11.3 Å². The lowest BCUT2D eigenvalue weighted by Crippen LogP contribution is -2.53. The molecule has 2 rings (SSSR count). The molecule has 0 bridgehead atoms. The van der Waals surface area contributed by atoms with Crippen molar-refractivity contribution in [3.05, 3.63) is 28.2 Å². The van der Waals surface area contributed by atoms with E-state index in [0.29, 0.717) is 6.54 Å². The van der Waals surface area contributed by atoms with Crippen molar-refractivity contribution < 1.29 is 9.53 Å². The van der Waals surface area contributed by atoms with E-state index in [1.54, 1.807) is 7.11 Å². The van der Waals surface area contributed by atoms with Gasteiger partial charge in [0.05, 0.1) is 13.2 Å². The van der Waals surface area contributed by atoms with Crippen LogP contribution in [-0.4, -0.2) is 37.0 Å². The zero-order valence-corrected chi connectivity index (χ0v) is 12.2. The predicted molar refractivity (Wildman–Crippen MR) is 73.6 cm³/mol. The van der Waals surface area contributed by atoms with Crippen LogP contribution in [0.4, 0.5) is 0 Å². The number of hydrogen-bond donors (Lipinski definition) is 1. The summed E-state index contributed by atoms with van der Waals surface area (Å²) in [6.45, 7) is 4.06. The molecule has 1 amide bonds. The molecule has 0 saturated carbocycles. The number of nitrogens with one attached hydrogen (secondary N) is 1. The molecule has 1 atom stereocenters. The first-order chi connectivity index (χ1) is 8.61. The molecule has 1 heterocycles. The molecule has 0 spiro atoms. The number of rotatable bonds is 3. The molecule has 0 aliphatic carbocycles. The first kappa shape index (κ1) is 13.4. The number of piperazine rings is 1. The van der Waals surface area contributed by atoms with E-state index in [0.717, 1.165) is 28.9 Å². The van der Waals surface area contributed by atoms with Gasteiger partial charge in [-0.3, -0.25) is 4.79 Å². The Morgan fingerprint density at radius 1 is 1.56 bits per heavy atom. The average molecular weight is 313 g/mol. The maximum atomic E-state index is 12.0. The second-order valence-electron chi connectivity index (χ2n) is 4.39. The van der Waals surface area contributed by atoms with E-state index < -0.39 is 0 Å². The Balaban J connectivity index is 2.17. The summed E-state index contributed by atoms with van der Waals surface area (Å²) in [7, 11) is 1.65. The lowest BCUT2D eigenvalue weighted by Gasteiger charge is -2.31. The van der Waals surface area contributed by atoms with Crippen LogP contribution in [0.3, 0.4) is 0 Å². The molecule has 18 heavy (non-hydrogen) atoms. The van der Waals surface area contributed by atoms with Gasteiger partial charge in [0.15, 0.2) is 0 Å². The van der Waals surface area contributed by atoms with Gasteiger partial charge in [0.2, 0.25) is 5.91 Å². The van der Waals surface area contributed by atoms with Gasteiger partial charge in [-0.15, -0.1) is 0 Å². The SMILES string of the molecule is COc1ccc(Br)cc1CN1CCNC(C)C1=O. The molecule has 0 radical (unpaired) electrons. The zero-order chi connectivity index (χ0) is 13.1. The summed E-state index contributed by atoms with van der Waals surface area (Å²) in [5, 5.41) is 3.16. The van der Waals surface area contributed by atoms with Gasteiger partial charge in [0.25, 0.3) is 0 Å². The number of carbonyl (C=O) groups excluding carboxylic acids is 1. The van der Waals surface area contributed by atoms with E-state index in [2.05, 4.69) is 21.2 Å². The van der Waals surface area contributed by atoms with Crippen LogP contribution in [0.25, 0.3) is 0 Å². The minimum Gasteiger partial charge on any atom is -0.496 e. The van der Waals surface area contributed by atoms with Crippen molar-refractivity contribution in [2.45, 2.75) is 19.5 Å². The van der Waals surface area contributed by atoms with Gasteiger partial charge in [-0.2, -0.15) is 0 Å². The summed E-state index contributed by atoms with van der Waals surface area (Å²) in [5.74, 6) is 0.959. The second-order valence-corrected chi connectivity index (χ2v) is 5.31. The Hall–Kier alpha value is -1.07. The molecule has 5 heteroatoms. The van der Waals surface area contributed by atoms with Crippen molar-refractivity contribution in [2.75, 3.05) is 20.2 Å². The summed E-state index contributed by atoms with van der Waals surface area (Å²) < 4.78 is 6.32. The summed E-state index contributed by atoms with van der Waals surface area (Å²) in [4.78, 5) is 13.9. The predicted octanol–water partition coefficient (Wildman–Crippen LogP) is 1.78. The summed E-state index contributed by atoms with van der Waals surface area (Å²) >= 11 is 3.45. The third kappa shape index (κ3) is 2.84. The smallest absolute Gasteiger partial charge is 0.239 e. The first-order valence-corrected chi connectivity index (χ1v) is 6.75. The van der Waals surface area contributed by atoms with Gasteiger partial charge in [-0.1, -0.05) is 15.9 Å². The molecule has 1 aliphatic heterocycles. The normalized spacial score (nSPS) is 20.1. The van der Waals surface area contributed by atoms with Gasteiger partial charge in [-0.25, -0.2) is 0 Å². The quantitative estimate of drug-likeness (QED) is 0.925. The van der Waals surface area contributed by atoms with Crippen LogP contribution in [0.5, 0.6) is 5.75 Å². The number of halogens is 1. The van der Waals surface area contributed by atoms with E-state index in [1.165, 1.54) is 0 Å². The number of benzene rings is 1. The zero-order valence-electron chi connectivity index (χ0n) is 10.6. The second kappa shape index (κ2) is 5.71. The Morgan fingerprint density at radius 3 is 3.06 bits per heavy atom. The number of hydrogen-bond acceptors (Lipinski definition) is 3. The molecule has 1 fully saturated rings. The van der Waals surface area contributed by atoms with E-state index in [-0.39, 0.29) is 11.9 Å². The highest BCUT2D eigenvalue weighted by Gasteiger charge is 2.25. The molecule has 1 saturated heterocycles. The largest absolute Gasteiger partial charge is 0.496 e. The first-order valence-electron chi connectivity index (χ1n) is 5.96. The van der Waals surface area contributed by atoms with E-state index in [1.807, 2.05) is 30.0 Å². The fraction of sp³-hybridized carbons (Fsp3) is 0.462. The summed E-state index contributed by atoms with van der Waals surface area (Å²) in [6, 6.07) is 5.75. The van der Waals surface area contributed by atoms with Crippen LogP contribution < -0.4 is 10.1 Å². The maximum Gasteiger partial charge on any atom is 0.239 e. The van der Waals surface area contributed by atoms with Crippen molar-refractivity contribution in [2.24, 2.45) is 0 Å². The topological polar surface area (TPSA) is 41.6 Å². The average Bonchev–Trinajstić information content (AvgIpc) is 2.35. The fourth-order valence-electron chi connectivity index (χ4n) is 2.12. The fourth-order valence-corrected chi connectivity index (χ4v) is 2.53. The van der Waals surface area contributed by atoms with E-state index in [4.69, 9.17) is 4.74 Å². The molecule has 0 aromatic heterocycles. The molecule has 1 N–H and O–H groups in total. The number of carbonyl (C=O) groups is 1. The maximum absolute atomic E-state index is 12.0. The van der Waals surface area contributed by atoms with Crippen LogP contribution in [0.2, 0.25) is 0 Å². The molecule has 1 aromatic rings. The van der Waals surface area contributed by atoms with Crippen molar-refractivity contribution in [3.63, 3.8) is 0 Å². The third-order valence-corrected chi connectivity index (χ3v) is 3.61. The monoisotopic (exact) mass is 312 g/mol. The van der Waals surface area contributed by atoms with Crippen molar-refractivity contribution >= 4 is 21.8 Å². The van der Waals surface area contributed by atoms with Crippen LogP contribution in [0, 0.1) is 0 Å². The molecular formula is C13H17BrN2O2. The number of ether oxygens (including phenoxy) is 1. The van der Waals surface area contributed by atoms with Crippen LogP contribution >= 0.6 is 15.9 Å². The molecule has 1 unspecified atom stereocenters. The third-order valence-electron chi connectivity index (χ3n) is 3.12. The molecule has 98 valence electrons. The number of nitrogens with zero attached hydrogens (tertiary/aromatic N) is 1. The van der Waals surface area contributed by atoms with Gasteiger partial charge in [0.1, 0.15) is 5.75 Å². The van der Waals surface area contributed by atoms with E-state index in [9.17, 15) is 4.79 Å². The van der Waals surface area contributed by atoms with Crippen LogP contribution in [0.15, 0.2) is 22.7 Å². The van der Waals surface area contributed by atoms with Gasteiger partial charge < -0.3 is 15.0 Å². The number of methoxy groups -OCH3 is 1. The summed E-state index contributed by atoms with van der Waals surface area (Å²) in [5.41, 5.74) is 1.02.